The van der Waals surface area contributed by atoms with E-state index in [1.807, 2.05) is 49.4 Å². The molecule has 5 nitrogen and oxygen atoms in total. The molecule has 0 fully saturated rings. The SMILES string of the molecule is CCCCN(Cc1ccc(-c2ccccc2C#N)cc1)C(=O)C(CC)C(=O)OCC. The van der Waals surface area contributed by atoms with Gasteiger partial charge in [-0.15, -0.1) is 0 Å². The fraction of sp³-hybridized carbons (Fsp3) is 0.400. The predicted octanol–water partition coefficient (Wildman–Crippen LogP) is 4.94. The second-order valence-corrected chi connectivity index (χ2v) is 7.18. The van der Waals surface area contributed by atoms with Crippen molar-refractivity contribution in [1.82, 2.24) is 4.90 Å². The van der Waals surface area contributed by atoms with Gasteiger partial charge in [-0.3, -0.25) is 9.59 Å². The summed E-state index contributed by atoms with van der Waals surface area (Å²) in [5.41, 5.74) is 3.46. The van der Waals surface area contributed by atoms with E-state index >= 15 is 0 Å². The molecule has 0 aliphatic carbocycles. The van der Waals surface area contributed by atoms with Gasteiger partial charge in [0.25, 0.3) is 0 Å². The van der Waals surface area contributed by atoms with Crippen molar-refractivity contribution < 1.29 is 14.3 Å². The van der Waals surface area contributed by atoms with E-state index < -0.39 is 11.9 Å². The lowest BCUT2D eigenvalue weighted by atomic mass is 9.99. The summed E-state index contributed by atoms with van der Waals surface area (Å²) in [6.07, 6.45) is 2.26. The first-order chi connectivity index (χ1) is 14.5. The lowest BCUT2D eigenvalue weighted by Crippen LogP contribution is -2.40. The van der Waals surface area contributed by atoms with Crippen LogP contribution >= 0.6 is 0 Å². The maximum atomic E-state index is 13.1. The summed E-state index contributed by atoms with van der Waals surface area (Å²) < 4.78 is 5.09. The van der Waals surface area contributed by atoms with Gasteiger partial charge in [0.05, 0.1) is 18.2 Å². The van der Waals surface area contributed by atoms with Crippen molar-refractivity contribution in [2.45, 2.75) is 46.6 Å². The summed E-state index contributed by atoms with van der Waals surface area (Å²) in [5, 5.41) is 9.32. The molecule has 0 N–H and O–H groups in total. The van der Waals surface area contributed by atoms with Crippen molar-refractivity contribution >= 4 is 11.9 Å². The molecule has 1 amide bonds. The zero-order chi connectivity index (χ0) is 21.9. The van der Waals surface area contributed by atoms with Gasteiger partial charge in [0.15, 0.2) is 0 Å². The maximum Gasteiger partial charge on any atom is 0.318 e. The molecule has 1 unspecified atom stereocenters. The number of unbranched alkanes of at least 4 members (excludes halogenated alkanes) is 1. The molecule has 0 heterocycles. The Bertz CT molecular complexity index is 884. The zero-order valence-corrected chi connectivity index (χ0v) is 18.1. The van der Waals surface area contributed by atoms with Crippen LogP contribution in [0.5, 0.6) is 0 Å². The quantitative estimate of drug-likeness (QED) is 0.414. The monoisotopic (exact) mass is 406 g/mol. The topological polar surface area (TPSA) is 70.4 Å². The summed E-state index contributed by atoms with van der Waals surface area (Å²) in [6.45, 7) is 6.96. The molecule has 5 heteroatoms. The van der Waals surface area contributed by atoms with Gasteiger partial charge in [-0.2, -0.15) is 5.26 Å². The zero-order valence-electron chi connectivity index (χ0n) is 18.1. The first-order valence-corrected chi connectivity index (χ1v) is 10.6. The standard InChI is InChI=1S/C25H30N2O3/c1-4-7-16-27(24(28)22(5-2)25(29)30-6-3)18-19-12-14-20(15-13-19)23-11-9-8-10-21(23)17-26/h8-15,22H,4-7,16,18H2,1-3H3. The summed E-state index contributed by atoms with van der Waals surface area (Å²) in [6, 6.07) is 17.6. The Hall–Kier alpha value is -3.13. The van der Waals surface area contributed by atoms with Gasteiger partial charge in [-0.05, 0) is 42.5 Å². The lowest BCUT2D eigenvalue weighted by Gasteiger charge is -2.26. The highest BCUT2D eigenvalue weighted by Crippen LogP contribution is 2.24. The van der Waals surface area contributed by atoms with E-state index in [1.54, 1.807) is 17.9 Å². The average molecular weight is 407 g/mol. The molecular weight excluding hydrogens is 376 g/mol. The molecule has 0 aromatic heterocycles. The Morgan fingerprint density at radius 2 is 1.77 bits per heavy atom. The van der Waals surface area contributed by atoms with Crippen LogP contribution in [-0.2, 0) is 20.9 Å². The number of nitrogens with zero attached hydrogens (tertiary/aromatic N) is 2. The first-order valence-electron chi connectivity index (χ1n) is 10.6. The van der Waals surface area contributed by atoms with Crippen molar-refractivity contribution in [3.05, 3.63) is 59.7 Å². The Balaban J connectivity index is 2.21. The molecule has 0 aliphatic rings. The van der Waals surface area contributed by atoms with Crippen LogP contribution in [0.1, 0.15) is 51.2 Å². The number of rotatable bonds is 10. The number of hydrogen-bond acceptors (Lipinski definition) is 4. The Labute approximate surface area is 179 Å². The smallest absolute Gasteiger partial charge is 0.318 e. The molecule has 0 saturated heterocycles. The molecule has 0 aliphatic heterocycles. The molecule has 158 valence electrons. The van der Waals surface area contributed by atoms with Gasteiger partial charge in [0.1, 0.15) is 5.92 Å². The van der Waals surface area contributed by atoms with Crippen LogP contribution in [0.25, 0.3) is 11.1 Å². The van der Waals surface area contributed by atoms with E-state index in [4.69, 9.17) is 4.74 Å². The molecule has 0 bridgehead atoms. The highest BCUT2D eigenvalue weighted by molar-refractivity contribution is 5.97. The molecular formula is C25H30N2O3. The number of carbonyl (C=O) groups is 2. The number of esters is 1. The Kier molecular flexibility index (Phi) is 9.08. The second-order valence-electron chi connectivity index (χ2n) is 7.18. The molecule has 1 atom stereocenters. The molecule has 2 aromatic rings. The number of ether oxygens (including phenoxy) is 1. The summed E-state index contributed by atoms with van der Waals surface area (Å²) >= 11 is 0. The lowest BCUT2D eigenvalue weighted by molar-refractivity contribution is -0.156. The highest BCUT2D eigenvalue weighted by atomic mass is 16.5. The van der Waals surface area contributed by atoms with E-state index in [0.717, 1.165) is 29.5 Å². The van der Waals surface area contributed by atoms with Crippen molar-refractivity contribution in [3.8, 4) is 17.2 Å². The minimum absolute atomic E-state index is 0.177. The van der Waals surface area contributed by atoms with Gasteiger partial charge in [0.2, 0.25) is 5.91 Å². The molecule has 0 saturated carbocycles. The molecule has 2 rings (SSSR count). The van der Waals surface area contributed by atoms with Crippen LogP contribution < -0.4 is 0 Å². The number of carbonyl (C=O) groups excluding carboxylic acids is 2. The summed E-state index contributed by atoms with van der Waals surface area (Å²) in [5.74, 6) is -1.39. The number of nitriles is 1. The summed E-state index contributed by atoms with van der Waals surface area (Å²) in [4.78, 5) is 27.0. The third-order valence-electron chi connectivity index (χ3n) is 5.06. The molecule has 30 heavy (non-hydrogen) atoms. The van der Waals surface area contributed by atoms with E-state index in [9.17, 15) is 14.9 Å². The summed E-state index contributed by atoms with van der Waals surface area (Å²) in [7, 11) is 0. The normalized spacial score (nSPS) is 11.4. The van der Waals surface area contributed by atoms with E-state index in [0.29, 0.717) is 25.1 Å². The van der Waals surface area contributed by atoms with Crippen LogP contribution in [0.4, 0.5) is 0 Å². The minimum atomic E-state index is -0.761. The van der Waals surface area contributed by atoms with Crippen LogP contribution in [0, 0.1) is 17.2 Å². The fourth-order valence-corrected chi connectivity index (χ4v) is 3.36. The third kappa shape index (κ3) is 5.93. The van der Waals surface area contributed by atoms with Gasteiger partial charge in [0, 0.05) is 13.1 Å². The van der Waals surface area contributed by atoms with Crippen LogP contribution in [-0.4, -0.2) is 29.9 Å². The van der Waals surface area contributed by atoms with Crippen LogP contribution in [0.3, 0.4) is 0 Å². The predicted molar refractivity (Wildman–Crippen MR) is 117 cm³/mol. The largest absolute Gasteiger partial charge is 0.465 e. The van der Waals surface area contributed by atoms with E-state index in [-0.39, 0.29) is 12.5 Å². The maximum absolute atomic E-state index is 13.1. The van der Waals surface area contributed by atoms with Crippen molar-refractivity contribution in [2.75, 3.05) is 13.2 Å². The number of benzene rings is 2. The fourth-order valence-electron chi connectivity index (χ4n) is 3.36. The van der Waals surface area contributed by atoms with Crippen molar-refractivity contribution in [1.29, 1.82) is 5.26 Å². The van der Waals surface area contributed by atoms with Crippen LogP contribution in [0.2, 0.25) is 0 Å². The van der Waals surface area contributed by atoms with Crippen molar-refractivity contribution in [2.24, 2.45) is 5.92 Å². The third-order valence-corrected chi connectivity index (χ3v) is 5.06. The Morgan fingerprint density at radius 3 is 2.37 bits per heavy atom. The Morgan fingerprint density at radius 1 is 1.07 bits per heavy atom. The molecule has 0 radical (unpaired) electrons. The molecule has 2 aromatic carbocycles. The van der Waals surface area contributed by atoms with Crippen molar-refractivity contribution in [3.63, 3.8) is 0 Å². The van der Waals surface area contributed by atoms with Gasteiger partial charge >= 0.3 is 5.97 Å². The van der Waals surface area contributed by atoms with E-state index in [2.05, 4.69) is 13.0 Å². The van der Waals surface area contributed by atoms with Crippen LogP contribution in [0.15, 0.2) is 48.5 Å². The average Bonchev–Trinajstić information content (AvgIpc) is 2.77. The van der Waals surface area contributed by atoms with Gasteiger partial charge in [-0.25, -0.2) is 0 Å². The number of amides is 1. The van der Waals surface area contributed by atoms with Gasteiger partial charge in [-0.1, -0.05) is 62.7 Å². The second kappa shape index (κ2) is 11.8. The van der Waals surface area contributed by atoms with Gasteiger partial charge < -0.3 is 9.64 Å². The minimum Gasteiger partial charge on any atom is -0.465 e. The first kappa shape index (κ1) is 23.2. The molecule has 0 spiro atoms. The highest BCUT2D eigenvalue weighted by Gasteiger charge is 2.30. The number of hydrogen-bond donors (Lipinski definition) is 0. The van der Waals surface area contributed by atoms with E-state index in [1.165, 1.54) is 0 Å².